The van der Waals surface area contributed by atoms with Crippen LogP contribution in [0.1, 0.15) is 13.3 Å². The molecule has 1 unspecified atom stereocenters. The number of thioether (sulfide) groups is 1. The molecule has 0 fully saturated rings. The van der Waals surface area contributed by atoms with Crippen LogP contribution in [0.5, 0.6) is 0 Å². The van der Waals surface area contributed by atoms with Crippen LogP contribution in [0.2, 0.25) is 0 Å². The maximum absolute atomic E-state index is 4.51. The Labute approximate surface area is 107 Å². The number of rotatable bonds is 3. The van der Waals surface area contributed by atoms with Gasteiger partial charge in [0.05, 0.1) is 6.54 Å². The van der Waals surface area contributed by atoms with Crippen LogP contribution in [0, 0.1) is 0 Å². The molecule has 1 aliphatic rings. The summed E-state index contributed by atoms with van der Waals surface area (Å²) in [6, 6.07) is 8.39. The highest BCUT2D eigenvalue weighted by molar-refractivity contribution is 8.15. The van der Waals surface area contributed by atoms with E-state index < -0.39 is 0 Å². The Morgan fingerprint density at radius 3 is 2.94 bits per heavy atom. The van der Waals surface area contributed by atoms with E-state index >= 15 is 0 Å². The minimum absolute atomic E-state index is 0.648. The number of hydrogen-bond acceptors (Lipinski definition) is 4. The second-order valence-corrected chi connectivity index (χ2v) is 5.65. The summed E-state index contributed by atoms with van der Waals surface area (Å²) in [4.78, 5) is 6.61. The highest BCUT2D eigenvalue weighted by Crippen LogP contribution is 2.25. The normalized spacial score (nSPS) is 19.0. The van der Waals surface area contributed by atoms with E-state index in [-0.39, 0.29) is 0 Å². The fourth-order valence-corrected chi connectivity index (χ4v) is 2.64. The van der Waals surface area contributed by atoms with Crippen LogP contribution in [0.15, 0.2) is 29.3 Å². The Kier molecular flexibility index (Phi) is 3.94. The first-order valence-corrected chi connectivity index (χ1v) is 6.82. The van der Waals surface area contributed by atoms with Crippen LogP contribution in [-0.2, 0) is 0 Å². The van der Waals surface area contributed by atoms with E-state index in [4.69, 9.17) is 0 Å². The van der Waals surface area contributed by atoms with Crippen LogP contribution in [0.4, 0.5) is 11.4 Å². The fraction of sp³-hybridized carbons (Fsp3) is 0.462. The van der Waals surface area contributed by atoms with Gasteiger partial charge in [0.2, 0.25) is 0 Å². The highest BCUT2D eigenvalue weighted by Gasteiger charge is 2.17. The zero-order valence-electron chi connectivity index (χ0n) is 10.6. The average Bonchev–Trinajstić information content (AvgIpc) is 2.77. The van der Waals surface area contributed by atoms with Gasteiger partial charge in [-0.1, -0.05) is 24.8 Å². The first-order valence-electron chi connectivity index (χ1n) is 5.94. The number of amidine groups is 1. The highest BCUT2D eigenvalue weighted by atomic mass is 32.2. The topological polar surface area (TPSA) is 27.6 Å². The molecule has 0 aromatic heterocycles. The summed E-state index contributed by atoms with van der Waals surface area (Å²) in [7, 11) is 4.10. The van der Waals surface area contributed by atoms with Gasteiger partial charge in [-0.05, 0) is 24.6 Å². The minimum atomic E-state index is 0.648. The minimum Gasteiger partial charge on any atom is -0.378 e. The van der Waals surface area contributed by atoms with Gasteiger partial charge in [0, 0.05) is 30.7 Å². The lowest BCUT2D eigenvalue weighted by atomic mass is 10.2. The van der Waals surface area contributed by atoms with Crippen molar-refractivity contribution in [2.24, 2.45) is 4.99 Å². The summed E-state index contributed by atoms with van der Waals surface area (Å²) < 4.78 is 0. The third kappa shape index (κ3) is 3.16. The molecule has 0 saturated heterocycles. The molecule has 4 heteroatoms. The summed E-state index contributed by atoms with van der Waals surface area (Å²) in [6.45, 7) is 3.15. The SMILES string of the molecule is CCC1CN=C(Nc2cccc(N(C)C)c2)S1. The van der Waals surface area contributed by atoms with Crippen LogP contribution in [-0.4, -0.2) is 31.1 Å². The zero-order valence-corrected chi connectivity index (χ0v) is 11.4. The van der Waals surface area contributed by atoms with E-state index in [1.807, 2.05) is 25.9 Å². The lowest BCUT2D eigenvalue weighted by molar-refractivity contribution is 0.843. The molecule has 3 nitrogen and oxygen atoms in total. The average molecular weight is 249 g/mol. The summed E-state index contributed by atoms with van der Waals surface area (Å²) >= 11 is 1.85. The van der Waals surface area contributed by atoms with Gasteiger partial charge in [-0.15, -0.1) is 0 Å². The van der Waals surface area contributed by atoms with Gasteiger partial charge in [0.25, 0.3) is 0 Å². The molecule has 0 radical (unpaired) electrons. The van der Waals surface area contributed by atoms with Crippen molar-refractivity contribution in [1.29, 1.82) is 0 Å². The summed E-state index contributed by atoms with van der Waals surface area (Å²) in [5.74, 6) is 0. The van der Waals surface area contributed by atoms with Crippen LogP contribution < -0.4 is 10.2 Å². The fourth-order valence-electron chi connectivity index (χ4n) is 1.68. The van der Waals surface area contributed by atoms with Crippen molar-refractivity contribution in [2.75, 3.05) is 30.9 Å². The second kappa shape index (κ2) is 5.45. The smallest absolute Gasteiger partial charge is 0.161 e. The van der Waals surface area contributed by atoms with Gasteiger partial charge in [-0.2, -0.15) is 0 Å². The van der Waals surface area contributed by atoms with E-state index in [0.29, 0.717) is 5.25 Å². The molecule has 1 aromatic carbocycles. The predicted molar refractivity (Wildman–Crippen MR) is 78.4 cm³/mol. The molecule has 1 heterocycles. The lowest BCUT2D eigenvalue weighted by Gasteiger charge is -2.14. The molecule has 0 spiro atoms. The Morgan fingerprint density at radius 2 is 2.29 bits per heavy atom. The molecule has 1 aliphatic heterocycles. The summed E-state index contributed by atoms with van der Waals surface area (Å²) in [5.41, 5.74) is 2.31. The molecule has 1 aromatic rings. The number of hydrogen-bond donors (Lipinski definition) is 1. The van der Waals surface area contributed by atoms with Crippen molar-refractivity contribution >= 4 is 28.3 Å². The van der Waals surface area contributed by atoms with E-state index in [2.05, 4.69) is 46.4 Å². The Bertz CT molecular complexity index is 415. The molecule has 1 atom stereocenters. The predicted octanol–water partition coefficient (Wildman–Crippen LogP) is 3.05. The van der Waals surface area contributed by atoms with Crippen LogP contribution in [0.3, 0.4) is 0 Å². The van der Waals surface area contributed by atoms with Crippen molar-refractivity contribution < 1.29 is 0 Å². The second-order valence-electron chi connectivity index (χ2n) is 4.36. The number of aliphatic imine (C=N–C) groups is 1. The molecule has 1 N–H and O–H groups in total. The van der Waals surface area contributed by atoms with Crippen molar-refractivity contribution in [3.63, 3.8) is 0 Å². The number of nitrogens with one attached hydrogen (secondary N) is 1. The van der Waals surface area contributed by atoms with Gasteiger partial charge in [0.15, 0.2) is 5.17 Å². The number of nitrogens with zero attached hydrogens (tertiary/aromatic N) is 2. The molecule has 2 rings (SSSR count). The molecule has 0 saturated carbocycles. The van der Waals surface area contributed by atoms with E-state index in [1.165, 1.54) is 12.1 Å². The molecule has 92 valence electrons. The van der Waals surface area contributed by atoms with Crippen molar-refractivity contribution in [3.05, 3.63) is 24.3 Å². The largest absolute Gasteiger partial charge is 0.378 e. The van der Waals surface area contributed by atoms with Gasteiger partial charge in [-0.25, -0.2) is 0 Å². The molecule has 17 heavy (non-hydrogen) atoms. The summed E-state index contributed by atoms with van der Waals surface area (Å²) in [6.07, 6.45) is 1.18. The third-order valence-electron chi connectivity index (χ3n) is 2.79. The Balaban J connectivity index is 2.02. The molecule has 0 bridgehead atoms. The first kappa shape index (κ1) is 12.3. The number of anilines is 2. The van der Waals surface area contributed by atoms with E-state index in [0.717, 1.165) is 17.4 Å². The lowest BCUT2D eigenvalue weighted by Crippen LogP contribution is -2.10. The maximum Gasteiger partial charge on any atom is 0.161 e. The zero-order chi connectivity index (χ0) is 12.3. The Hall–Kier alpha value is -1.16. The van der Waals surface area contributed by atoms with Gasteiger partial charge < -0.3 is 10.2 Å². The standard InChI is InChI=1S/C13H19N3S/c1-4-12-9-14-13(17-12)15-10-6-5-7-11(8-10)16(2)3/h5-8,12H,4,9H2,1-3H3,(H,14,15). The van der Waals surface area contributed by atoms with Gasteiger partial charge in [-0.3, -0.25) is 4.99 Å². The van der Waals surface area contributed by atoms with E-state index in [9.17, 15) is 0 Å². The molecule has 0 aliphatic carbocycles. The van der Waals surface area contributed by atoms with Crippen molar-refractivity contribution in [2.45, 2.75) is 18.6 Å². The monoisotopic (exact) mass is 249 g/mol. The quantitative estimate of drug-likeness (QED) is 0.892. The van der Waals surface area contributed by atoms with Crippen LogP contribution in [0.25, 0.3) is 0 Å². The third-order valence-corrected chi connectivity index (χ3v) is 4.06. The number of benzene rings is 1. The van der Waals surface area contributed by atoms with Crippen molar-refractivity contribution in [1.82, 2.24) is 0 Å². The van der Waals surface area contributed by atoms with Crippen LogP contribution >= 0.6 is 11.8 Å². The molecular weight excluding hydrogens is 230 g/mol. The van der Waals surface area contributed by atoms with Crippen molar-refractivity contribution in [3.8, 4) is 0 Å². The maximum atomic E-state index is 4.51. The Morgan fingerprint density at radius 1 is 1.47 bits per heavy atom. The molecular formula is C13H19N3S. The first-order chi connectivity index (χ1) is 8.19. The van der Waals surface area contributed by atoms with Gasteiger partial charge in [0.1, 0.15) is 0 Å². The van der Waals surface area contributed by atoms with Gasteiger partial charge >= 0.3 is 0 Å². The molecule has 0 amide bonds. The van der Waals surface area contributed by atoms with E-state index in [1.54, 1.807) is 0 Å². The summed E-state index contributed by atoms with van der Waals surface area (Å²) in [5, 5.41) is 5.08.